The van der Waals surface area contributed by atoms with Crippen molar-refractivity contribution in [1.82, 2.24) is 5.32 Å². The summed E-state index contributed by atoms with van der Waals surface area (Å²) in [5.41, 5.74) is 0.170. The second-order valence-corrected chi connectivity index (χ2v) is 8.80. The van der Waals surface area contributed by atoms with E-state index in [0.717, 1.165) is 25.7 Å². The molecule has 0 radical (unpaired) electrons. The summed E-state index contributed by atoms with van der Waals surface area (Å²) in [5, 5.41) is 3.06. The molecule has 0 spiro atoms. The Labute approximate surface area is 187 Å². The number of ether oxygens (including phenoxy) is 2. The Hall–Kier alpha value is -3.35. The zero-order valence-corrected chi connectivity index (χ0v) is 18.6. The average Bonchev–Trinajstić information content (AvgIpc) is 3.29. The fourth-order valence-electron chi connectivity index (χ4n) is 4.24. The lowest BCUT2D eigenvalue weighted by atomic mass is 10.0. The van der Waals surface area contributed by atoms with Crippen LogP contribution in [0.2, 0.25) is 0 Å². The molecule has 2 aromatic carbocycles. The Kier molecular flexibility index (Phi) is 5.91. The summed E-state index contributed by atoms with van der Waals surface area (Å²) in [4.78, 5) is 40.4. The van der Waals surface area contributed by atoms with Gasteiger partial charge in [-0.3, -0.25) is 19.3 Å². The number of amides is 2. The number of Topliss-reactive ketones (excluding diaryl/α,β-unsaturated/α-hetero) is 1. The SMILES string of the molecule is COc1cccc(C(=O)CN2C(=O)C(C)(C)Oc3ccc(C(=O)NC4CCCC4)cc32)c1. The molecule has 1 N–H and O–H groups in total. The van der Waals surface area contributed by atoms with Gasteiger partial charge in [0.05, 0.1) is 19.3 Å². The summed E-state index contributed by atoms with van der Waals surface area (Å²) in [6.45, 7) is 3.17. The molecule has 0 unspecified atom stereocenters. The highest BCUT2D eigenvalue weighted by molar-refractivity contribution is 6.10. The fourth-order valence-corrected chi connectivity index (χ4v) is 4.24. The minimum absolute atomic E-state index is 0.167. The van der Waals surface area contributed by atoms with E-state index in [4.69, 9.17) is 9.47 Å². The van der Waals surface area contributed by atoms with Gasteiger partial charge in [-0.25, -0.2) is 0 Å². The standard InChI is InChI=1S/C25H28N2O5/c1-25(2)24(30)27(15-21(28)16-7-6-10-19(13-16)31-3)20-14-17(11-12-22(20)32-25)23(29)26-18-8-4-5-9-18/h6-7,10-14,18H,4-5,8-9,15H2,1-3H3,(H,26,29). The molecule has 4 rings (SSSR count). The number of hydrogen-bond donors (Lipinski definition) is 1. The zero-order valence-electron chi connectivity index (χ0n) is 18.6. The molecule has 0 aromatic heterocycles. The predicted molar refractivity (Wildman–Crippen MR) is 121 cm³/mol. The van der Waals surface area contributed by atoms with Crippen LogP contribution in [0, 0.1) is 0 Å². The Bertz CT molecular complexity index is 1060. The van der Waals surface area contributed by atoms with Crippen LogP contribution >= 0.6 is 0 Å². The van der Waals surface area contributed by atoms with Gasteiger partial charge in [0, 0.05) is 17.2 Å². The molecule has 2 aliphatic rings. The number of anilines is 1. The highest BCUT2D eigenvalue weighted by atomic mass is 16.5. The normalized spacial score (nSPS) is 17.5. The second-order valence-electron chi connectivity index (χ2n) is 8.80. The number of methoxy groups -OCH3 is 1. The van der Waals surface area contributed by atoms with Crippen LogP contribution in [-0.4, -0.2) is 42.9 Å². The number of rotatable bonds is 6. The summed E-state index contributed by atoms with van der Waals surface area (Å²) in [6.07, 6.45) is 4.20. The second kappa shape index (κ2) is 8.65. The molecule has 2 amide bonds. The Morgan fingerprint density at radius 3 is 2.59 bits per heavy atom. The molecule has 168 valence electrons. The van der Waals surface area contributed by atoms with E-state index in [0.29, 0.717) is 28.3 Å². The van der Waals surface area contributed by atoms with E-state index in [9.17, 15) is 14.4 Å². The number of carbonyl (C=O) groups excluding carboxylic acids is 3. The maximum atomic E-state index is 13.2. The van der Waals surface area contributed by atoms with Crippen LogP contribution in [0.25, 0.3) is 0 Å². The van der Waals surface area contributed by atoms with Crippen molar-refractivity contribution in [3.05, 3.63) is 53.6 Å². The molecular weight excluding hydrogens is 408 g/mol. The largest absolute Gasteiger partial charge is 0.497 e. The van der Waals surface area contributed by atoms with Gasteiger partial charge in [-0.1, -0.05) is 25.0 Å². The third-order valence-corrected chi connectivity index (χ3v) is 6.02. The van der Waals surface area contributed by atoms with Crippen molar-refractivity contribution < 1.29 is 23.9 Å². The summed E-state index contributed by atoms with van der Waals surface area (Å²) < 4.78 is 11.1. The van der Waals surface area contributed by atoms with Crippen molar-refractivity contribution in [2.45, 2.75) is 51.2 Å². The van der Waals surface area contributed by atoms with Crippen LogP contribution < -0.4 is 19.7 Å². The van der Waals surface area contributed by atoms with Crippen molar-refractivity contribution in [3.8, 4) is 11.5 Å². The summed E-state index contributed by atoms with van der Waals surface area (Å²) in [6, 6.07) is 12.0. The van der Waals surface area contributed by atoms with Crippen LogP contribution in [0.5, 0.6) is 11.5 Å². The Balaban J connectivity index is 1.63. The number of nitrogens with zero attached hydrogens (tertiary/aromatic N) is 1. The Morgan fingerprint density at radius 1 is 1.12 bits per heavy atom. The molecule has 0 bridgehead atoms. The number of benzene rings is 2. The van der Waals surface area contributed by atoms with Gasteiger partial charge in [-0.2, -0.15) is 0 Å². The van der Waals surface area contributed by atoms with E-state index in [1.807, 2.05) is 0 Å². The van der Waals surface area contributed by atoms with Crippen molar-refractivity contribution in [1.29, 1.82) is 0 Å². The van der Waals surface area contributed by atoms with E-state index in [1.165, 1.54) is 12.0 Å². The first-order valence-corrected chi connectivity index (χ1v) is 10.9. The minimum atomic E-state index is -1.13. The molecule has 2 aromatic rings. The number of fused-ring (bicyclic) bond motifs is 1. The highest BCUT2D eigenvalue weighted by Crippen LogP contribution is 2.38. The number of ketones is 1. The zero-order chi connectivity index (χ0) is 22.9. The molecule has 7 heteroatoms. The van der Waals surface area contributed by atoms with Crippen molar-refractivity contribution >= 4 is 23.3 Å². The van der Waals surface area contributed by atoms with Gasteiger partial charge in [0.25, 0.3) is 11.8 Å². The molecular formula is C25H28N2O5. The molecule has 1 saturated carbocycles. The van der Waals surface area contributed by atoms with E-state index in [-0.39, 0.29) is 30.2 Å². The molecule has 1 heterocycles. The highest BCUT2D eigenvalue weighted by Gasteiger charge is 2.42. The molecule has 0 saturated heterocycles. The van der Waals surface area contributed by atoms with Gasteiger partial charge in [0.15, 0.2) is 11.4 Å². The summed E-state index contributed by atoms with van der Waals surface area (Å²) >= 11 is 0. The first-order valence-electron chi connectivity index (χ1n) is 10.9. The number of carbonyl (C=O) groups is 3. The number of hydrogen-bond acceptors (Lipinski definition) is 5. The lowest BCUT2D eigenvalue weighted by Crippen LogP contribution is -2.54. The van der Waals surface area contributed by atoms with E-state index in [2.05, 4.69) is 5.32 Å². The minimum Gasteiger partial charge on any atom is -0.497 e. The first-order chi connectivity index (χ1) is 15.3. The lowest BCUT2D eigenvalue weighted by molar-refractivity contribution is -0.132. The number of nitrogens with one attached hydrogen (secondary N) is 1. The third kappa shape index (κ3) is 4.33. The van der Waals surface area contributed by atoms with Crippen LogP contribution in [0.1, 0.15) is 60.2 Å². The van der Waals surface area contributed by atoms with Crippen molar-refractivity contribution in [2.24, 2.45) is 0 Å². The molecule has 1 aliphatic carbocycles. The summed E-state index contributed by atoms with van der Waals surface area (Å²) in [7, 11) is 1.53. The molecule has 7 nitrogen and oxygen atoms in total. The van der Waals surface area contributed by atoms with Crippen LogP contribution in [0.3, 0.4) is 0 Å². The molecule has 0 atom stereocenters. The quantitative estimate of drug-likeness (QED) is 0.697. The third-order valence-electron chi connectivity index (χ3n) is 6.02. The van der Waals surface area contributed by atoms with Crippen molar-refractivity contribution in [3.63, 3.8) is 0 Å². The molecule has 1 fully saturated rings. The summed E-state index contributed by atoms with van der Waals surface area (Å²) in [5.74, 6) is 0.272. The van der Waals surface area contributed by atoms with Gasteiger partial charge in [0.2, 0.25) is 0 Å². The average molecular weight is 437 g/mol. The van der Waals surface area contributed by atoms with E-state index < -0.39 is 5.60 Å². The van der Waals surface area contributed by atoms with Crippen LogP contribution in [-0.2, 0) is 4.79 Å². The maximum absolute atomic E-state index is 13.2. The van der Waals surface area contributed by atoms with Crippen LogP contribution in [0.15, 0.2) is 42.5 Å². The van der Waals surface area contributed by atoms with Gasteiger partial charge in [0.1, 0.15) is 11.5 Å². The fraction of sp³-hybridized carbons (Fsp3) is 0.400. The maximum Gasteiger partial charge on any atom is 0.271 e. The van der Waals surface area contributed by atoms with E-state index >= 15 is 0 Å². The monoisotopic (exact) mass is 436 g/mol. The topological polar surface area (TPSA) is 84.9 Å². The van der Waals surface area contributed by atoms with Crippen molar-refractivity contribution in [2.75, 3.05) is 18.6 Å². The van der Waals surface area contributed by atoms with Gasteiger partial charge < -0.3 is 14.8 Å². The lowest BCUT2D eigenvalue weighted by Gasteiger charge is -2.38. The smallest absolute Gasteiger partial charge is 0.271 e. The Morgan fingerprint density at radius 2 is 1.88 bits per heavy atom. The van der Waals surface area contributed by atoms with Gasteiger partial charge in [-0.05, 0) is 57.0 Å². The van der Waals surface area contributed by atoms with Gasteiger partial charge in [-0.15, -0.1) is 0 Å². The molecule has 1 aliphatic heterocycles. The van der Waals surface area contributed by atoms with E-state index in [1.54, 1.807) is 56.3 Å². The van der Waals surface area contributed by atoms with Crippen LogP contribution in [0.4, 0.5) is 5.69 Å². The molecule has 32 heavy (non-hydrogen) atoms. The van der Waals surface area contributed by atoms with Gasteiger partial charge >= 0.3 is 0 Å². The first kappa shape index (κ1) is 21.9. The predicted octanol–water partition coefficient (Wildman–Crippen LogP) is 3.75.